The van der Waals surface area contributed by atoms with Crippen molar-refractivity contribution in [3.8, 4) is 0 Å². The lowest BCUT2D eigenvalue weighted by molar-refractivity contribution is -0.133. The van der Waals surface area contributed by atoms with E-state index >= 15 is 0 Å². The van der Waals surface area contributed by atoms with E-state index in [4.69, 9.17) is 0 Å². The number of carbonyl (C=O) groups is 2. The average molecular weight is 290 g/mol. The molecule has 1 saturated heterocycles. The van der Waals surface area contributed by atoms with Crippen LogP contribution in [-0.4, -0.2) is 40.6 Å². The monoisotopic (exact) mass is 290 g/mol. The topological polar surface area (TPSA) is 69.6 Å². The number of amides is 2. The molecule has 2 amide bonds. The minimum absolute atomic E-state index is 0.130. The van der Waals surface area contributed by atoms with Crippen molar-refractivity contribution < 1.29 is 14.7 Å². The summed E-state index contributed by atoms with van der Waals surface area (Å²) in [6.45, 7) is 2.31. The van der Waals surface area contributed by atoms with E-state index in [1.807, 2.05) is 25.1 Å². The van der Waals surface area contributed by atoms with Crippen LogP contribution in [-0.2, 0) is 11.2 Å². The van der Waals surface area contributed by atoms with Crippen LogP contribution < -0.4 is 5.32 Å². The fourth-order valence-corrected chi connectivity index (χ4v) is 2.68. The van der Waals surface area contributed by atoms with E-state index < -0.39 is 12.1 Å². The van der Waals surface area contributed by atoms with Crippen molar-refractivity contribution in [1.82, 2.24) is 10.2 Å². The molecule has 1 aromatic carbocycles. The molecule has 5 nitrogen and oxygen atoms in total. The minimum Gasteiger partial charge on any atom is -0.465 e. The highest BCUT2D eigenvalue weighted by molar-refractivity contribution is 5.90. The number of hydrogen-bond acceptors (Lipinski definition) is 2. The summed E-state index contributed by atoms with van der Waals surface area (Å²) in [5, 5.41) is 11.9. The van der Waals surface area contributed by atoms with Gasteiger partial charge in [0.05, 0.1) is 0 Å². The molecule has 2 atom stereocenters. The molecule has 1 aliphatic heterocycles. The van der Waals surface area contributed by atoms with Gasteiger partial charge in [0.25, 0.3) is 0 Å². The molecule has 0 spiro atoms. The number of hydrogen-bond donors (Lipinski definition) is 2. The lowest BCUT2D eigenvalue weighted by atomic mass is 10.0. The smallest absolute Gasteiger partial charge is 0.408 e. The first-order chi connectivity index (χ1) is 10.1. The maximum absolute atomic E-state index is 11.4. The zero-order valence-electron chi connectivity index (χ0n) is 12.3. The highest BCUT2D eigenvalue weighted by Crippen LogP contribution is 2.17. The van der Waals surface area contributed by atoms with Crippen LogP contribution in [0.15, 0.2) is 30.3 Å². The first-order valence-corrected chi connectivity index (χ1v) is 7.42. The maximum Gasteiger partial charge on any atom is 0.408 e. The summed E-state index contributed by atoms with van der Waals surface area (Å²) in [5.41, 5.74) is 1.30. The Bertz CT molecular complexity index is 490. The Labute approximate surface area is 125 Å². The van der Waals surface area contributed by atoms with Crippen LogP contribution in [0.25, 0.3) is 0 Å². The molecule has 5 heteroatoms. The van der Waals surface area contributed by atoms with Crippen LogP contribution in [0.3, 0.4) is 0 Å². The van der Waals surface area contributed by atoms with Crippen LogP contribution in [0.1, 0.15) is 31.7 Å². The van der Waals surface area contributed by atoms with Gasteiger partial charge in [-0.05, 0) is 31.7 Å². The molecule has 0 unspecified atom stereocenters. The van der Waals surface area contributed by atoms with Crippen molar-refractivity contribution in [1.29, 1.82) is 0 Å². The first-order valence-electron chi connectivity index (χ1n) is 7.42. The van der Waals surface area contributed by atoms with Gasteiger partial charge in [0.15, 0.2) is 0 Å². The number of benzene rings is 1. The summed E-state index contributed by atoms with van der Waals surface area (Å²) < 4.78 is 0. The van der Waals surface area contributed by atoms with Crippen LogP contribution in [0, 0.1) is 0 Å². The van der Waals surface area contributed by atoms with Gasteiger partial charge in [-0.2, -0.15) is 0 Å². The van der Waals surface area contributed by atoms with E-state index in [-0.39, 0.29) is 11.9 Å². The van der Waals surface area contributed by atoms with Gasteiger partial charge in [-0.15, -0.1) is 0 Å². The Morgan fingerprint density at radius 2 is 2.10 bits per heavy atom. The molecular formula is C16H22N2O3. The van der Waals surface area contributed by atoms with Crippen LogP contribution in [0.4, 0.5) is 4.79 Å². The Balaban J connectivity index is 1.76. The lowest BCUT2D eigenvalue weighted by Crippen LogP contribution is -2.64. The van der Waals surface area contributed by atoms with E-state index in [0.29, 0.717) is 6.54 Å². The average Bonchev–Trinajstić information content (AvgIpc) is 2.48. The zero-order valence-corrected chi connectivity index (χ0v) is 12.3. The quantitative estimate of drug-likeness (QED) is 0.598. The third-order valence-electron chi connectivity index (χ3n) is 3.98. The fourth-order valence-electron chi connectivity index (χ4n) is 2.68. The van der Waals surface area contributed by atoms with Crippen molar-refractivity contribution >= 4 is 12.0 Å². The van der Waals surface area contributed by atoms with E-state index in [2.05, 4.69) is 17.4 Å². The number of nitrogens with zero attached hydrogens (tertiary/aromatic N) is 1. The number of aryl methyl sites for hydroxylation is 1. The Morgan fingerprint density at radius 3 is 2.62 bits per heavy atom. The minimum atomic E-state index is -1.01. The largest absolute Gasteiger partial charge is 0.465 e. The molecule has 1 fully saturated rings. The van der Waals surface area contributed by atoms with Crippen molar-refractivity contribution in [3.05, 3.63) is 35.9 Å². The van der Waals surface area contributed by atoms with Crippen molar-refractivity contribution in [2.24, 2.45) is 0 Å². The highest BCUT2D eigenvalue weighted by Gasteiger charge is 2.38. The molecule has 0 aliphatic carbocycles. The van der Waals surface area contributed by atoms with Crippen molar-refractivity contribution in [2.45, 2.75) is 44.7 Å². The van der Waals surface area contributed by atoms with Gasteiger partial charge in [0, 0.05) is 12.6 Å². The molecule has 2 N–H and O–H groups in total. The lowest BCUT2D eigenvalue weighted by Gasteiger charge is -2.38. The third kappa shape index (κ3) is 3.97. The maximum atomic E-state index is 11.4. The second-order valence-corrected chi connectivity index (χ2v) is 5.53. The molecule has 1 aromatic rings. The second kappa shape index (κ2) is 7.11. The van der Waals surface area contributed by atoms with Gasteiger partial charge < -0.3 is 10.4 Å². The predicted molar refractivity (Wildman–Crippen MR) is 80.1 cm³/mol. The summed E-state index contributed by atoms with van der Waals surface area (Å²) in [5.74, 6) is -0.187. The van der Waals surface area contributed by atoms with E-state index in [1.54, 1.807) is 0 Å². The Morgan fingerprint density at radius 1 is 1.38 bits per heavy atom. The molecular weight excluding hydrogens is 268 g/mol. The Hall–Kier alpha value is -2.04. The molecule has 1 heterocycles. The second-order valence-electron chi connectivity index (χ2n) is 5.53. The molecule has 21 heavy (non-hydrogen) atoms. The third-order valence-corrected chi connectivity index (χ3v) is 3.98. The van der Waals surface area contributed by atoms with Crippen molar-refractivity contribution in [2.75, 3.05) is 6.54 Å². The summed E-state index contributed by atoms with van der Waals surface area (Å²) in [6.07, 6.45) is 2.76. The molecule has 114 valence electrons. The van der Waals surface area contributed by atoms with Crippen LogP contribution >= 0.6 is 0 Å². The number of rotatable bonds is 7. The first kappa shape index (κ1) is 15.4. The van der Waals surface area contributed by atoms with Crippen LogP contribution in [0.2, 0.25) is 0 Å². The van der Waals surface area contributed by atoms with Gasteiger partial charge >= 0.3 is 6.09 Å². The predicted octanol–water partition coefficient (Wildman–Crippen LogP) is 2.27. The van der Waals surface area contributed by atoms with E-state index in [9.17, 15) is 14.7 Å². The number of unbranched alkanes of at least 4 members (excludes halogenated alkanes) is 1. The van der Waals surface area contributed by atoms with E-state index in [1.165, 1.54) is 10.5 Å². The summed E-state index contributed by atoms with van der Waals surface area (Å²) >= 11 is 0. The number of nitrogens with one attached hydrogen (secondary N) is 1. The summed E-state index contributed by atoms with van der Waals surface area (Å²) in [4.78, 5) is 24.0. The Kier molecular flexibility index (Phi) is 5.20. The zero-order chi connectivity index (χ0) is 15.2. The number of carbonyl (C=O) groups excluding carboxylic acids is 1. The fraction of sp³-hybridized carbons (Fsp3) is 0.500. The van der Waals surface area contributed by atoms with Gasteiger partial charge in [-0.3, -0.25) is 9.69 Å². The molecule has 1 aliphatic rings. The van der Waals surface area contributed by atoms with Gasteiger partial charge in [0.1, 0.15) is 6.04 Å². The van der Waals surface area contributed by atoms with Gasteiger partial charge in [0.2, 0.25) is 5.91 Å². The molecule has 0 saturated carbocycles. The molecule has 0 bridgehead atoms. The molecule has 0 aromatic heterocycles. The van der Waals surface area contributed by atoms with Gasteiger partial charge in [-0.25, -0.2) is 4.79 Å². The number of carboxylic acid groups (broad SMARTS) is 1. The van der Waals surface area contributed by atoms with Crippen molar-refractivity contribution in [3.63, 3.8) is 0 Å². The molecule has 2 rings (SSSR count). The van der Waals surface area contributed by atoms with E-state index in [0.717, 1.165) is 25.7 Å². The summed E-state index contributed by atoms with van der Waals surface area (Å²) in [7, 11) is 0. The normalized spacial score (nSPS) is 18.5. The SMILES string of the molecule is C[C@H](CCCCc1ccccc1)N(C(=O)O)[C@H]1CNC1=O. The van der Waals surface area contributed by atoms with Gasteiger partial charge in [-0.1, -0.05) is 36.8 Å². The number of β-lactam (4-membered cyclic amide) rings is 1. The standard InChI is InChI=1S/C16H22N2O3/c1-12(18(16(20)21)14-11-17-15(14)19)7-5-6-10-13-8-3-2-4-9-13/h2-4,8-9,12,14H,5-7,10-11H2,1H3,(H,17,19)(H,20,21)/t12-,14+/m1/s1. The molecule has 0 radical (unpaired) electrons. The highest BCUT2D eigenvalue weighted by atomic mass is 16.4. The summed E-state index contributed by atoms with van der Waals surface area (Å²) in [6, 6.07) is 9.62. The van der Waals surface area contributed by atoms with Crippen LogP contribution in [0.5, 0.6) is 0 Å².